The highest BCUT2D eigenvalue weighted by Crippen LogP contribution is 2.13. The van der Waals surface area contributed by atoms with Crippen LogP contribution in [0.1, 0.15) is 12.5 Å². The van der Waals surface area contributed by atoms with E-state index in [0.29, 0.717) is 5.75 Å². The molecule has 7 nitrogen and oxygen atoms in total. The highest BCUT2D eigenvalue weighted by atomic mass is 16.5. The summed E-state index contributed by atoms with van der Waals surface area (Å²) in [4.78, 5) is 32.5. The van der Waals surface area contributed by atoms with Crippen molar-refractivity contribution in [2.24, 2.45) is 5.73 Å². The summed E-state index contributed by atoms with van der Waals surface area (Å²) in [6.45, 7) is 1.04. The number of hydrogen-bond acceptors (Lipinski definition) is 4. The highest BCUT2D eigenvalue weighted by molar-refractivity contribution is 5.82. The molecule has 1 aromatic carbocycles. The second-order valence-corrected chi connectivity index (χ2v) is 4.19. The van der Waals surface area contributed by atoms with Gasteiger partial charge in [0, 0.05) is 13.3 Å². The number of carbonyl (C=O) groups excluding carboxylic acids is 2. The first kappa shape index (κ1) is 15.5. The summed E-state index contributed by atoms with van der Waals surface area (Å²) < 4.78 is 5.08. The lowest BCUT2D eigenvalue weighted by Gasteiger charge is -2.13. The van der Waals surface area contributed by atoms with Crippen molar-refractivity contribution in [1.29, 1.82) is 0 Å². The predicted molar refractivity (Wildman–Crippen MR) is 70.1 cm³/mol. The van der Waals surface area contributed by atoms with Crippen molar-refractivity contribution >= 4 is 17.8 Å². The van der Waals surface area contributed by atoms with Crippen LogP contribution in [0.25, 0.3) is 0 Å². The van der Waals surface area contributed by atoms with E-state index in [2.05, 4.69) is 5.32 Å². The molecule has 0 radical (unpaired) electrons. The number of amides is 2. The molecule has 1 atom stereocenters. The molecule has 2 amide bonds. The molecular formula is C13H16N2O5. The van der Waals surface area contributed by atoms with Crippen LogP contribution >= 0.6 is 0 Å². The van der Waals surface area contributed by atoms with Gasteiger partial charge in [0.15, 0.2) is 6.61 Å². The zero-order chi connectivity index (χ0) is 15.1. The third-order valence-electron chi connectivity index (χ3n) is 2.42. The number of nitrogens with one attached hydrogen (secondary N) is 1. The summed E-state index contributed by atoms with van der Waals surface area (Å²) in [6.07, 6.45) is 0.158. The molecule has 0 aromatic heterocycles. The lowest BCUT2D eigenvalue weighted by Crippen LogP contribution is -2.41. The fourth-order valence-electron chi connectivity index (χ4n) is 1.56. The summed E-state index contributed by atoms with van der Waals surface area (Å²) >= 11 is 0. The Morgan fingerprint density at radius 3 is 2.35 bits per heavy atom. The summed E-state index contributed by atoms with van der Waals surface area (Å²) in [5, 5.41) is 11.3. The Bertz CT molecular complexity index is 498. The Kier molecular flexibility index (Phi) is 5.52. The van der Waals surface area contributed by atoms with Gasteiger partial charge in [-0.1, -0.05) is 12.1 Å². The summed E-state index contributed by atoms with van der Waals surface area (Å²) in [6, 6.07) is 5.54. The van der Waals surface area contributed by atoms with E-state index in [1.807, 2.05) is 0 Å². The van der Waals surface area contributed by atoms with Crippen molar-refractivity contribution in [3.05, 3.63) is 29.8 Å². The van der Waals surface area contributed by atoms with Crippen molar-refractivity contribution in [3.8, 4) is 5.75 Å². The molecule has 0 heterocycles. The fourth-order valence-corrected chi connectivity index (χ4v) is 1.56. The monoisotopic (exact) mass is 280 g/mol. The maximum atomic E-state index is 11.0. The van der Waals surface area contributed by atoms with Crippen LogP contribution in [0.15, 0.2) is 24.3 Å². The normalized spacial score (nSPS) is 11.4. The van der Waals surface area contributed by atoms with Crippen LogP contribution in [0.3, 0.4) is 0 Å². The number of primary amides is 1. The number of hydrogen-bond donors (Lipinski definition) is 3. The van der Waals surface area contributed by atoms with Crippen LogP contribution in [0, 0.1) is 0 Å². The lowest BCUT2D eigenvalue weighted by atomic mass is 10.1. The number of aliphatic carboxylic acids is 1. The quantitative estimate of drug-likeness (QED) is 0.632. The maximum absolute atomic E-state index is 11.0. The average Bonchev–Trinajstić information content (AvgIpc) is 2.36. The molecule has 0 aliphatic heterocycles. The van der Waals surface area contributed by atoms with Gasteiger partial charge in [0.25, 0.3) is 5.91 Å². The van der Waals surface area contributed by atoms with Gasteiger partial charge in [0.05, 0.1) is 0 Å². The minimum Gasteiger partial charge on any atom is -0.484 e. The Balaban J connectivity index is 2.65. The molecule has 1 unspecified atom stereocenters. The fraction of sp³-hybridized carbons (Fsp3) is 0.308. The lowest BCUT2D eigenvalue weighted by molar-refractivity contribution is -0.141. The smallest absolute Gasteiger partial charge is 0.326 e. The van der Waals surface area contributed by atoms with Crippen molar-refractivity contribution < 1.29 is 24.2 Å². The van der Waals surface area contributed by atoms with Crippen molar-refractivity contribution in [3.63, 3.8) is 0 Å². The topological polar surface area (TPSA) is 119 Å². The molecule has 0 saturated heterocycles. The Hall–Kier alpha value is -2.57. The molecule has 108 valence electrons. The van der Waals surface area contributed by atoms with Crippen LogP contribution in [0.4, 0.5) is 0 Å². The number of carboxylic acid groups (broad SMARTS) is 1. The van der Waals surface area contributed by atoms with Crippen LogP contribution in [0.2, 0.25) is 0 Å². The van der Waals surface area contributed by atoms with Gasteiger partial charge in [0.2, 0.25) is 5.91 Å². The first-order chi connectivity index (χ1) is 9.38. The maximum Gasteiger partial charge on any atom is 0.326 e. The molecule has 7 heteroatoms. The number of nitrogens with two attached hydrogens (primary N) is 1. The number of ether oxygens (including phenoxy) is 1. The summed E-state index contributed by atoms with van der Waals surface area (Å²) in [7, 11) is 0. The van der Waals surface area contributed by atoms with E-state index in [0.717, 1.165) is 5.56 Å². The SMILES string of the molecule is CC(=O)NC(Cc1ccc(OCC(N)=O)cc1)C(=O)O. The third kappa shape index (κ3) is 5.38. The van der Waals surface area contributed by atoms with E-state index in [1.165, 1.54) is 6.92 Å². The summed E-state index contributed by atoms with van der Waals surface area (Å²) in [5.41, 5.74) is 5.67. The standard InChI is InChI=1S/C13H16N2O5/c1-8(16)15-11(13(18)19)6-9-2-4-10(5-3-9)20-7-12(14)17/h2-5,11H,6-7H2,1H3,(H2,14,17)(H,15,16)(H,18,19). The zero-order valence-electron chi connectivity index (χ0n) is 11.0. The molecule has 4 N–H and O–H groups in total. The van der Waals surface area contributed by atoms with E-state index in [4.69, 9.17) is 15.6 Å². The molecule has 1 aromatic rings. The Morgan fingerprint density at radius 2 is 1.90 bits per heavy atom. The number of rotatable bonds is 7. The molecule has 1 rings (SSSR count). The molecular weight excluding hydrogens is 264 g/mol. The number of carboxylic acids is 1. The van der Waals surface area contributed by atoms with Crippen LogP contribution in [0.5, 0.6) is 5.75 Å². The van der Waals surface area contributed by atoms with Gasteiger partial charge in [-0.2, -0.15) is 0 Å². The van der Waals surface area contributed by atoms with Gasteiger partial charge >= 0.3 is 5.97 Å². The third-order valence-corrected chi connectivity index (χ3v) is 2.42. The van der Waals surface area contributed by atoms with E-state index in [-0.39, 0.29) is 13.0 Å². The van der Waals surface area contributed by atoms with Crippen molar-refractivity contribution in [2.45, 2.75) is 19.4 Å². The minimum absolute atomic E-state index is 0.158. The molecule has 0 saturated carbocycles. The highest BCUT2D eigenvalue weighted by Gasteiger charge is 2.18. The van der Waals surface area contributed by atoms with Gasteiger partial charge in [-0.05, 0) is 17.7 Å². The molecule has 0 aliphatic rings. The molecule has 20 heavy (non-hydrogen) atoms. The van der Waals surface area contributed by atoms with Gasteiger partial charge in [-0.3, -0.25) is 9.59 Å². The van der Waals surface area contributed by atoms with Gasteiger partial charge < -0.3 is 20.9 Å². The molecule has 0 bridgehead atoms. The largest absolute Gasteiger partial charge is 0.484 e. The van der Waals surface area contributed by atoms with E-state index in [9.17, 15) is 14.4 Å². The Morgan fingerprint density at radius 1 is 1.30 bits per heavy atom. The van der Waals surface area contributed by atoms with Crippen molar-refractivity contribution in [2.75, 3.05) is 6.61 Å². The predicted octanol–water partition coefficient (Wildman–Crippen LogP) is -0.317. The Labute approximate surface area is 115 Å². The second kappa shape index (κ2) is 7.13. The number of carbonyl (C=O) groups is 3. The second-order valence-electron chi connectivity index (χ2n) is 4.19. The van der Waals surface area contributed by atoms with Gasteiger partial charge in [0.1, 0.15) is 11.8 Å². The first-order valence-electron chi connectivity index (χ1n) is 5.88. The van der Waals surface area contributed by atoms with E-state index >= 15 is 0 Å². The minimum atomic E-state index is -1.10. The van der Waals surface area contributed by atoms with Gasteiger partial charge in [-0.25, -0.2) is 4.79 Å². The molecule has 0 aliphatic carbocycles. The van der Waals surface area contributed by atoms with Crippen LogP contribution in [-0.4, -0.2) is 35.5 Å². The van der Waals surface area contributed by atoms with Crippen LogP contribution < -0.4 is 15.8 Å². The zero-order valence-corrected chi connectivity index (χ0v) is 11.0. The van der Waals surface area contributed by atoms with E-state index in [1.54, 1.807) is 24.3 Å². The van der Waals surface area contributed by atoms with E-state index < -0.39 is 23.8 Å². The van der Waals surface area contributed by atoms with Crippen LogP contribution in [-0.2, 0) is 20.8 Å². The van der Waals surface area contributed by atoms with Gasteiger partial charge in [-0.15, -0.1) is 0 Å². The number of benzene rings is 1. The summed E-state index contributed by atoms with van der Waals surface area (Å²) in [5.74, 6) is -1.63. The van der Waals surface area contributed by atoms with Crippen molar-refractivity contribution in [1.82, 2.24) is 5.32 Å². The first-order valence-corrected chi connectivity index (χ1v) is 5.88. The molecule has 0 fully saturated rings. The molecule has 0 spiro atoms. The average molecular weight is 280 g/mol.